The first-order valence-corrected chi connectivity index (χ1v) is 5.62. The minimum absolute atomic E-state index is 0.785. The van der Waals surface area contributed by atoms with E-state index in [0.29, 0.717) is 0 Å². The summed E-state index contributed by atoms with van der Waals surface area (Å²) in [4.78, 5) is 3.97. The fourth-order valence-corrected chi connectivity index (χ4v) is 1.89. The van der Waals surface area contributed by atoms with Crippen molar-refractivity contribution in [3.63, 3.8) is 0 Å². The first-order valence-electron chi connectivity index (χ1n) is 5.62. The van der Waals surface area contributed by atoms with Gasteiger partial charge in [-0.05, 0) is 38.4 Å². The second kappa shape index (κ2) is 5.82. The zero-order chi connectivity index (χ0) is 10.3. The van der Waals surface area contributed by atoms with Gasteiger partial charge in [-0.2, -0.15) is 4.98 Å². The van der Waals surface area contributed by atoms with E-state index in [1.54, 1.807) is 0 Å². The second-order valence-corrected chi connectivity index (χ2v) is 3.99. The Balaban J connectivity index is 1.54. The van der Waals surface area contributed by atoms with Crippen LogP contribution in [-0.2, 0) is 6.42 Å². The molecule has 0 bridgehead atoms. The van der Waals surface area contributed by atoms with E-state index in [9.17, 15) is 0 Å². The Labute approximate surface area is 89.6 Å². The maximum atomic E-state index is 4.66. The summed E-state index contributed by atoms with van der Waals surface area (Å²) in [5.74, 6) is 1.62. The van der Waals surface area contributed by atoms with Gasteiger partial charge in [-0.15, -0.1) is 0 Å². The number of hydrogen-bond acceptors (Lipinski definition) is 5. The Bertz CT molecular complexity index is 256. The van der Waals surface area contributed by atoms with Gasteiger partial charge in [-0.1, -0.05) is 5.16 Å². The van der Waals surface area contributed by atoms with Crippen molar-refractivity contribution in [2.75, 3.05) is 26.2 Å². The predicted octanol–water partition coefficient (Wildman–Crippen LogP) is 0.201. The number of piperidine rings is 1. The Morgan fingerprint density at radius 1 is 1.47 bits per heavy atom. The molecule has 0 aliphatic carbocycles. The minimum atomic E-state index is 0.785. The molecule has 0 aromatic carbocycles. The number of aromatic nitrogens is 2. The van der Waals surface area contributed by atoms with Crippen LogP contribution in [0.15, 0.2) is 10.9 Å². The van der Waals surface area contributed by atoms with Crippen LogP contribution in [0, 0.1) is 5.92 Å². The van der Waals surface area contributed by atoms with Gasteiger partial charge in [0.15, 0.2) is 5.82 Å². The maximum absolute atomic E-state index is 4.66. The molecule has 84 valence electrons. The molecule has 1 aliphatic heterocycles. The molecular weight excluding hydrogens is 192 g/mol. The van der Waals surface area contributed by atoms with Gasteiger partial charge in [-0.3, -0.25) is 0 Å². The van der Waals surface area contributed by atoms with Crippen LogP contribution in [0.5, 0.6) is 0 Å². The molecule has 2 heterocycles. The quantitative estimate of drug-likeness (QED) is 0.680. The molecule has 5 nitrogen and oxygen atoms in total. The zero-order valence-electron chi connectivity index (χ0n) is 8.91. The smallest absolute Gasteiger partial charge is 0.213 e. The van der Waals surface area contributed by atoms with E-state index in [2.05, 4.69) is 25.3 Å². The van der Waals surface area contributed by atoms with E-state index in [0.717, 1.165) is 44.3 Å². The van der Waals surface area contributed by atoms with Gasteiger partial charge in [0, 0.05) is 13.0 Å². The molecule has 2 rings (SSSR count). The number of nitrogens with zero attached hydrogens (tertiary/aromatic N) is 2. The summed E-state index contributed by atoms with van der Waals surface area (Å²) >= 11 is 0. The Kier molecular flexibility index (Phi) is 4.11. The molecule has 1 saturated heterocycles. The summed E-state index contributed by atoms with van der Waals surface area (Å²) in [7, 11) is 0. The average Bonchev–Trinajstić information content (AvgIpc) is 2.79. The zero-order valence-corrected chi connectivity index (χ0v) is 8.91. The third-order valence-corrected chi connectivity index (χ3v) is 2.82. The first kappa shape index (κ1) is 10.6. The number of rotatable bonds is 5. The fourth-order valence-electron chi connectivity index (χ4n) is 1.89. The van der Waals surface area contributed by atoms with Gasteiger partial charge in [0.05, 0.1) is 0 Å². The van der Waals surface area contributed by atoms with Crippen LogP contribution in [0.2, 0.25) is 0 Å². The standard InChI is InChI=1S/C10H18N4O/c1-4-11-5-2-9(1)7-12-6-3-10-13-8-15-14-10/h8-9,11-12H,1-7H2. The normalized spacial score (nSPS) is 18.1. The molecule has 5 heteroatoms. The second-order valence-electron chi connectivity index (χ2n) is 3.99. The largest absolute Gasteiger partial charge is 0.343 e. The molecule has 0 atom stereocenters. The summed E-state index contributed by atoms with van der Waals surface area (Å²) in [5, 5.41) is 10.6. The van der Waals surface area contributed by atoms with Crippen molar-refractivity contribution in [1.82, 2.24) is 20.8 Å². The van der Waals surface area contributed by atoms with E-state index < -0.39 is 0 Å². The van der Waals surface area contributed by atoms with Gasteiger partial charge in [0.1, 0.15) is 0 Å². The fraction of sp³-hybridized carbons (Fsp3) is 0.800. The van der Waals surface area contributed by atoms with Gasteiger partial charge in [-0.25, -0.2) is 0 Å². The molecule has 1 aromatic rings. The lowest BCUT2D eigenvalue weighted by Gasteiger charge is -2.22. The lowest BCUT2D eigenvalue weighted by atomic mass is 9.98. The summed E-state index contributed by atoms with van der Waals surface area (Å²) in [6.07, 6.45) is 4.80. The van der Waals surface area contributed by atoms with Crippen LogP contribution in [0.4, 0.5) is 0 Å². The Morgan fingerprint density at radius 2 is 2.33 bits per heavy atom. The third kappa shape index (κ3) is 3.60. The van der Waals surface area contributed by atoms with Crippen LogP contribution in [-0.4, -0.2) is 36.3 Å². The average molecular weight is 210 g/mol. The highest BCUT2D eigenvalue weighted by Gasteiger charge is 2.11. The van der Waals surface area contributed by atoms with Gasteiger partial charge in [0.25, 0.3) is 0 Å². The molecule has 1 fully saturated rings. The molecule has 1 aliphatic rings. The highest BCUT2D eigenvalue weighted by molar-refractivity contribution is 4.79. The van der Waals surface area contributed by atoms with E-state index in [1.165, 1.54) is 19.2 Å². The van der Waals surface area contributed by atoms with Crippen molar-refractivity contribution in [3.8, 4) is 0 Å². The lowest BCUT2D eigenvalue weighted by molar-refractivity contribution is 0.356. The molecule has 0 spiro atoms. The molecule has 1 aromatic heterocycles. The van der Waals surface area contributed by atoms with Gasteiger partial charge in [0.2, 0.25) is 6.39 Å². The Hall–Kier alpha value is -0.940. The van der Waals surface area contributed by atoms with Crippen LogP contribution in [0.25, 0.3) is 0 Å². The molecule has 0 saturated carbocycles. The summed E-state index contributed by atoms with van der Waals surface area (Å²) < 4.78 is 4.66. The van der Waals surface area contributed by atoms with Crippen LogP contribution >= 0.6 is 0 Å². The van der Waals surface area contributed by atoms with Crippen LogP contribution in [0.3, 0.4) is 0 Å². The van der Waals surface area contributed by atoms with Crippen LogP contribution in [0.1, 0.15) is 18.7 Å². The van der Waals surface area contributed by atoms with Gasteiger partial charge >= 0.3 is 0 Å². The van der Waals surface area contributed by atoms with E-state index >= 15 is 0 Å². The first-order chi connectivity index (χ1) is 7.45. The molecule has 0 amide bonds. The number of nitrogens with one attached hydrogen (secondary N) is 2. The Morgan fingerprint density at radius 3 is 3.07 bits per heavy atom. The third-order valence-electron chi connectivity index (χ3n) is 2.82. The van der Waals surface area contributed by atoms with E-state index in [1.807, 2.05) is 0 Å². The monoisotopic (exact) mass is 210 g/mol. The highest BCUT2D eigenvalue weighted by atomic mass is 16.5. The lowest BCUT2D eigenvalue weighted by Crippen LogP contribution is -2.34. The number of hydrogen-bond donors (Lipinski definition) is 2. The van der Waals surface area contributed by atoms with Crippen molar-refractivity contribution < 1.29 is 4.52 Å². The predicted molar refractivity (Wildman–Crippen MR) is 56.5 cm³/mol. The van der Waals surface area contributed by atoms with Crippen molar-refractivity contribution in [2.24, 2.45) is 5.92 Å². The molecule has 15 heavy (non-hydrogen) atoms. The van der Waals surface area contributed by atoms with E-state index in [-0.39, 0.29) is 0 Å². The van der Waals surface area contributed by atoms with E-state index in [4.69, 9.17) is 0 Å². The molecular formula is C10H18N4O. The maximum Gasteiger partial charge on any atom is 0.213 e. The topological polar surface area (TPSA) is 63.0 Å². The van der Waals surface area contributed by atoms with Crippen molar-refractivity contribution in [3.05, 3.63) is 12.2 Å². The van der Waals surface area contributed by atoms with Gasteiger partial charge < -0.3 is 15.2 Å². The summed E-state index contributed by atoms with van der Waals surface area (Å²) in [6, 6.07) is 0. The van der Waals surface area contributed by atoms with Crippen molar-refractivity contribution in [2.45, 2.75) is 19.3 Å². The minimum Gasteiger partial charge on any atom is -0.343 e. The summed E-state index contributed by atoms with van der Waals surface area (Å²) in [6.45, 7) is 4.37. The highest BCUT2D eigenvalue weighted by Crippen LogP contribution is 2.09. The summed E-state index contributed by atoms with van der Waals surface area (Å²) in [5.41, 5.74) is 0. The molecule has 0 radical (unpaired) electrons. The van der Waals surface area contributed by atoms with Crippen molar-refractivity contribution in [1.29, 1.82) is 0 Å². The van der Waals surface area contributed by atoms with Crippen LogP contribution < -0.4 is 10.6 Å². The van der Waals surface area contributed by atoms with Crippen molar-refractivity contribution >= 4 is 0 Å². The molecule has 2 N–H and O–H groups in total. The molecule has 0 unspecified atom stereocenters. The SMILES string of the molecule is c1nc(CCNCC2CCNCC2)no1.